The van der Waals surface area contributed by atoms with E-state index >= 15 is 0 Å². The van der Waals surface area contributed by atoms with Gasteiger partial charge in [-0.1, -0.05) is 13.8 Å². The summed E-state index contributed by atoms with van der Waals surface area (Å²) in [5.74, 6) is 0. The van der Waals surface area contributed by atoms with Crippen molar-refractivity contribution in [3.63, 3.8) is 0 Å². The summed E-state index contributed by atoms with van der Waals surface area (Å²) < 4.78 is 34.2. The Hall–Kier alpha value is -0.103. The van der Waals surface area contributed by atoms with E-state index in [1.54, 1.807) is 0 Å². The van der Waals surface area contributed by atoms with Crippen LogP contribution in [0.4, 0.5) is 0 Å². The van der Waals surface area contributed by atoms with Crippen LogP contribution in [-0.2, 0) is 27.5 Å². The summed E-state index contributed by atoms with van der Waals surface area (Å²) in [6.45, 7) is 11.2. The van der Waals surface area contributed by atoms with E-state index in [-0.39, 0.29) is 31.5 Å². The van der Waals surface area contributed by atoms with Crippen molar-refractivity contribution in [3.05, 3.63) is 0 Å². The van der Waals surface area contributed by atoms with Crippen molar-refractivity contribution < 1.29 is 37.7 Å². The minimum absolute atomic E-state index is 0.00630. The fraction of sp³-hybridized carbons (Fsp3) is 1.00. The van der Waals surface area contributed by atoms with Crippen LogP contribution < -0.4 is 0 Å². The van der Waals surface area contributed by atoms with Gasteiger partial charge in [-0.05, 0) is 20.3 Å². The lowest BCUT2D eigenvalue weighted by Crippen LogP contribution is -2.49. The standard InChI is InChI=1S/C17H38O8Si/c1-5-23-26(16(3)4,24-6-2)25-10-7-17(15-21-12-9-19)22-14-13-20-11-8-18/h16-19H,5-15H2,1-4H3. The van der Waals surface area contributed by atoms with Gasteiger partial charge in [0.1, 0.15) is 0 Å². The molecule has 0 aromatic rings. The molecule has 0 aliphatic heterocycles. The van der Waals surface area contributed by atoms with Crippen LogP contribution in [0.1, 0.15) is 34.1 Å². The van der Waals surface area contributed by atoms with Crippen LogP contribution in [0.2, 0.25) is 5.54 Å². The highest BCUT2D eigenvalue weighted by molar-refractivity contribution is 6.62. The van der Waals surface area contributed by atoms with Crippen LogP contribution in [0.3, 0.4) is 0 Å². The van der Waals surface area contributed by atoms with E-state index in [1.807, 2.05) is 27.7 Å². The molecule has 0 saturated heterocycles. The maximum Gasteiger partial charge on any atom is 0.503 e. The lowest BCUT2D eigenvalue weighted by Gasteiger charge is -2.32. The number of aliphatic hydroxyl groups excluding tert-OH is 2. The Morgan fingerprint density at radius 3 is 1.92 bits per heavy atom. The molecule has 0 heterocycles. The molecule has 8 nitrogen and oxygen atoms in total. The van der Waals surface area contributed by atoms with Crippen LogP contribution in [0, 0.1) is 0 Å². The minimum atomic E-state index is -2.72. The van der Waals surface area contributed by atoms with E-state index in [1.165, 1.54) is 0 Å². The van der Waals surface area contributed by atoms with Gasteiger partial charge in [0.2, 0.25) is 0 Å². The summed E-state index contributed by atoms with van der Waals surface area (Å²) in [5, 5.41) is 17.5. The summed E-state index contributed by atoms with van der Waals surface area (Å²) in [6.07, 6.45) is 0.439. The molecule has 0 aromatic carbocycles. The summed E-state index contributed by atoms with van der Waals surface area (Å²) >= 11 is 0. The van der Waals surface area contributed by atoms with Crippen LogP contribution in [-0.4, -0.2) is 91.2 Å². The molecule has 0 bridgehead atoms. The lowest BCUT2D eigenvalue weighted by molar-refractivity contribution is -0.0551. The van der Waals surface area contributed by atoms with Gasteiger partial charge in [0.05, 0.1) is 52.4 Å². The quantitative estimate of drug-likeness (QED) is 0.248. The molecule has 2 N–H and O–H groups in total. The Labute approximate surface area is 159 Å². The molecule has 0 aromatic heterocycles. The van der Waals surface area contributed by atoms with Gasteiger partial charge in [-0.2, -0.15) is 0 Å². The van der Waals surface area contributed by atoms with Crippen molar-refractivity contribution in [1.29, 1.82) is 0 Å². The topological polar surface area (TPSA) is 95.8 Å². The Morgan fingerprint density at radius 2 is 1.38 bits per heavy atom. The third kappa shape index (κ3) is 11.6. The van der Waals surface area contributed by atoms with Crippen molar-refractivity contribution in [1.82, 2.24) is 0 Å². The summed E-state index contributed by atoms with van der Waals surface area (Å²) in [7, 11) is -2.72. The summed E-state index contributed by atoms with van der Waals surface area (Å²) in [5.41, 5.74) is 0.166. The van der Waals surface area contributed by atoms with Gasteiger partial charge < -0.3 is 37.7 Å². The first-order valence-electron chi connectivity index (χ1n) is 9.46. The smallest absolute Gasteiger partial charge is 0.394 e. The monoisotopic (exact) mass is 398 g/mol. The molecule has 0 rings (SSSR count). The first-order chi connectivity index (χ1) is 12.6. The Bertz CT molecular complexity index is 300. The van der Waals surface area contributed by atoms with E-state index in [2.05, 4.69) is 0 Å². The van der Waals surface area contributed by atoms with Crippen molar-refractivity contribution in [2.45, 2.75) is 45.8 Å². The van der Waals surface area contributed by atoms with E-state index in [9.17, 15) is 0 Å². The van der Waals surface area contributed by atoms with Gasteiger partial charge in [0.15, 0.2) is 0 Å². The first kappa shape index (κ1) is 25.9. The van der Waals surface area contributed by atoms with Crippen molar-refractivity contribution in [2.75, 3.05) is 66.1 Å². The Morgan fingerprint density at radius 1 is 0.769 bits per heavy atom. The second-order valence-corrected chi connectivity index (χ2v) is 9.12. The van der Waals surface area contributed by atoms with Gasteiger partial charge in [-0.25, -0.2) is 0 Å². The molecule has 1 atom stereocenters. The van der Waals surface area contributed by atoms with E-state index in [4.69, 9.17) is 37.7 Å². The fourth-order valence-electron chi connectivity index (χ4n) is 2.29. The minimum Gasteiger partial charge on any atom is -0.394 e. The molecule has 0 fully saturated rings. The maximum absolute atomic E-state index is 8.85. The summed E-state index contributed by atoms with van der Waals surface area (Å²) in [6, 6.07) is 0. The molecular formula is C17H38O8Si. The Balaban J connectivity index is 4.46. The SMILES string of the molecule is CCO[Si](OCC)(OCCC(COCCO)OCCOCCO)C(C)C. The second-order valence-electron chi connectivity index (χ2n) is 5.89. The number of hydrogen-bond donors (Lipinski definition) is 2. The number of hydrogen-bond acceptors (Lipinski definition) is 8. The highest BCUT2D eigenvalue weighted by Crippen LogP contribution is 2.25. The Kier molecular flexibility index (Phi) is 17.0. The van der Waals surface area contributed by atoms with Gasteiger partial charge >= 0.3 is 8.80 Å². The van der Waals surface area contributed by atoms with Crippen molar-refractivity contribution >= 4 is 8.80 Å². The fourth-order valence-corrected chi connectivity index (χ4v) is 4.75. The second kappa shape index (κ2) is 17.0. The largest absolute Gasteiger partial charge is 0.503 e. The molecule has 9 heteroatoms. The van der Waals surface area contributed by atoms with Gasteiger partial charge in [0, 0.05) is 25.4 Å². The molecule has 26 heavy (non-hydrogen) atoms. The van der Waals surface area contributed by atoms with E-state index < -0.39 is 8.80 Å². The predicted octanol–water partition coefficient (Wildman–Crippen LogP) is 1.22. The first-order valence-corrected chi connectivity index (χ1v) is 11.3. The third-order valence-electron chi connectivity index (χ3n) is 3.50. The van der Waals surface area contributed by atoms with Crippen LogP contribution in [0.15, 0.2) is 0 Å². The maximum atomic E-state index is 8.85. The van der Waals surface area contributed by atoms with Crippen LogP contribution in [0.5, 0.6) is 0 Å². The van der Waals surface area contributed by atoms with Crippen molar-refractivity contribution in [2.24, 2.45) is 0 Å². The normalized spacial score (nSPS) is 13.5. The van der Waals surface area contributed by atoms with E-state index in [0.29, 0.717) is 52.7 Å². The zero-order chi connectivity index (χ0) is 19.7. The van der Waals surface area contributed by atoms with Crippen LogP contribution >= 0.6 is 0 Å². The molecule has 0 aliphatic rings. The highest BCUT2D eigenvalue weighted by Gasteiger charge is 2.44. The van der Waals surface area contributed by atoms with Gasteiger partial charge in [-0.15, -0.1) is 0 Å². The van der Waals surface area contributed by atoms with E-state index in [0.717, 1.165) is 0 Å². The molecular weight excluding hydrogens is 360 g/mol. The molecule has 0 radical (unpaired) electrons. The van der Waals surface area contributed by atoms with Crippen molar-refractivity contribution in [3.8, 4) is 0 Å². The number of aliphatic hydroxyl groups is 2. The molecule has 0 saturated carbocycles. The molecule has 1 unspecified atom stereocenters. The van der Waals surface area contributed by atoms with Crippen LogP contribution in [0.25, 0.3) is 0 Å². The molecule has 0 spiro atoms. The number of ether oxygens (including phenoxy) is 3. The molecule has 158 valence electrons. The zero-order valence-corrected chi connectivity index (χ0v) is 17.8. The third-order valence-corrected chi connectivity index (χ3v) is 6.90. The van der Waals surface area contributed by atoms with Gasteiger partial charge in [0.25, 0.3) is 0 Å². The zero-order valence-electron chi connectivity index (χ0n) is 16.8. The summed E-state index contributed by atoms with van der Waals surface area (Å²) in [4.78, 5) is 0. The van der Waals surface area contributed by atoms with Gasteiger partial charge in [-0.3, -0.25) is 0 Å². The average Bonchev–Trinajstić information content (AvgIpc) is 2.61. The number of rotatable bonds is 19. The molecule has 0 aliphatic carbocycles. The average molecular weight is 399 g/mol. The highest BCUT2D eigenvalue weighted by atomic mass is 28.4. The lowest BCUT2D eigenvalue weighted by atomic mass is 10.3. The molecule has 0 amide bonds. The predicted molar refractivity (Wildman–Crippen MR) is 100 cm³/mol.